The van der Waals surface area contributed by atoms with E-state index >= 15 is 0 Å². The minimum Gasteiger partial charge on any atom is -0.497 e. The lowest BCUT2D eigenvalue weighted by Crippen LogP contribution is -2.30. The lowest BCUT2D eigenvalue weighted by atomic mass is 10.0. The number of hydrogen-bond acceptors (Lipinski definition) is 4. The number of aliphatic carboxylic acids is 1. The Morgan fingerprint density at radius 3 is 2.54 bits per heavy atom. The van der Waals surface area contributed by atoms with Gasteiger partial charge in [-0.15, -0.1) is 0 Å². The van der Waals surface area contributed by atoms with Crippen LogP contribution in [0.3, 0.4) is 0 Å². The maximum absolute atomic E-state index is 13.7. The van der Waals surface area contributed by atoms with Gasteiger partial charge in [0.1, 0.15) is 11.5 Å². The van der Waals surface area contributed by atoms with Crippen molar-refractivity contribution in [2.24, 2.45) is 0 Å². The van der Waals surface area contributed by atoms with E-state index in [0.29, 0.717) is 17.1 Å². The Labute approximate surface area is 161 Å². The molecule has 2 aromatic carbocycles. The number of rotatable bonds is 9. The number of ether oxygens (including phenoxy) is 2. The van der Waals surface area contributed by atoms with Gasteiger partial charge in [0.2, 0.25) is 5.91 Å². The topological polar surface area (TPSA) is 84.9 Å². The fourth-order valence-corrected chi connectivity index (χ4v) is 2.78. The van der Waals surface area contributed by atoms with Gasteiger partial charge < -0.3 is 19.9 Å². The van der Waals surface area contributed by atoms with Crippen LogP contribution in [0, 0.1) is 11.6 Å². The largest absolute Gasteiger partial charge is 0.497 e. The Morgan fingerprint density at radius 2 is 1.89 bits per heavy atom. The van der Waals surface area contributed by atoms with Crippen LogP contribution in [-0.4, -0.2) is 31.2 Å². The van der Waals surface area contributed by atoms with Gasteiger partial charge in [-0.2, -0.15) is 0 Å². The molecule has 0 saturated carbocycles. The maximum atomic E-state index is 13.7. The molecule has 2 N–H and O–H groups in total. The zero-order valence-electron chi connectivity index (χ0n) is 15.5. The number of amides is 1. The summed E-state index contributed by atoms with van der Waals surface area (Å²) in [5.41, 5.74) is 0.544. The molecule has 2 rings (SSSR count). The highest BCUT2D eigenvalue weighted by atomic mass is 19.2. The number of benzene rings is 2. The third-order valence-electron chi connectivity index (χ3n) is 4.18. The van der Waals surface area contributed by atoms with Crippen LogP contribution >= 0.6 is 0 Å². The first-order valence-electron chi connectivity index (χ1n) is 8.51. The first-order chi connectivity index (χ1) is 13.3. The number of carbonyl (C=O) groups is 2. The molecular formula is C20H21F2NO5. The van der Waals surface area contributed by atoms with Gasteiger partial charge in [0.05, 0.1) is 26.7 Å². The van der Waals surface area contributed by atoms with Crippen molar-refractivity contribution in [3.63, 3.8) is 0 Å². The molecule has 0 aliphatic heterocycles. The summed E-state index contributed by atoms with van der Waals surface area (Å²) in [7, 11) is 2.90. The third kappa shape index (κ3) is 5.42. The van der Waals surface area contributed by atoms with Crippen LogP contribution in [0.4, 0.5) is 8.78 Å². The molecule has 0 fully saturated rings. The fraction of sp³-hybridized carbons (Fsp3) is 0.300. The molecule has 0 heterocycles. The van der Waals surface area contributed by atoms with E-state index in [1.54, 1.807) is 18.2 Å². The van der Waals surface area contributed by atoms with Crippen molar-refractivity contribution in [1.29, 1.82) is 0 Å². The molecule has 8 heteroatoms. The van der Waals surface area contributed by atoms with E-state index in [1.165, 1.54) is 26.4 Å². The smallest absolute Gasteiger partial charge is 0.305 e. The molecule has 1 atom stereocenters. The first-order valence-corrected chi connectivity index (χ1v) is 8.51. The van der Waals surface area contributed by atoms with Crippen LogP contribution in [0.1, 0.15) is 30.0 Å². The van der Waals surface area contributed by atoms with E-state index in [1.807, 2.05) is 0 Å². The Hall–Kier alpha value is -3.16. The van der Waals surface area contributed by atoms with E-state index < -0.39 is 29.6 Å². The van der Waals surface area contributed by atoms with Crippen LogP contribution in [0.15, 0.2) is 36.4 Å². The predicted molar refractivity (Wildman–Crippen MR) is 97.4 cm³/mol. The lowest BCUT2D eigenvalue weighted by molar-refractivity contribution is -0.137. The van der Waals surface area contributed by atoms with Crippen LogP contribution in [0.25, 0.3) is 0 Å². The second-order valence-electron chi connectivity index (χ2n) is 6.04. The van der Waals surface area contributed by atoms with Crippen molar-refractivity contribution in [2.45, 2.75) is 25.3 Å². The molecule has 1 amide bonds. The van der Waals surface area contributed by atoms with Crippen LogP contribution in [0.2, 0.25) is 0 Å². The monoisotopic (exact) mass is 393 g/mol. The molecule has 0 aliphatic carbocycles. The zero-order valence-corrected chi connectivity index (χ0v) is 15.5. The molecule has 150 valence electrons. The van der Waals surface area contributed by atoms with E-state index in [0.717, 1.165) is 6.07 Å². The maximum Gasteiger partial charge on any atom is 0.305 e. The normalized spacial score (nSPS) is 11.6. The second-order valence-corrected chi connectivity index (χ2v) is 6.04. The van der Waals surface area contributed by atoms with E-state index in [2.05, 4.69) is 5.32 Å². The highest BCUT2D eigenvalue weighted by molar-refractivity contribution is 5.78. The van der Waals surface area contributed by atoms with Crippen molar-refractivity contribution in [1.82, 2.24) is 5.32 Å². The standard InChI is InChI=1S/C20H21F2NO5/c1-27-13-7-8-14(17(10-13)28-2)16(11-19(25)26)23-18(24)9-6-12-4-3-5-15(21)20(12)22/h3-5,7-8,10,16H,6,9,11H2,1-2H3,(H,23,24)(H,25,26). The highest BCUT2D eigenvalue weighted by Gasteiger charge is 2.22. The van der Waals surface area contributed by atoms with Gasteiger partial charge >= 0.3 is 5.97 Å². The molecular weight excluding hydrogens is 372 g/mol. The van der Waals surface area contributed by atoms with Gasteiger partial charge in [-0.3, -0.25) is 9.59 Å². The molecule has 0 bridgehead atoms. The minimum absolute atomic E-state index is 0.0189. The van der Waals surface area contributed by atoms with E-state index in [9.17, 15) is 23.5 Å². The number of nitrogens with one attached hydrogen (secondary N) is 1. The van der Waals surface area contributed by atoms with Gasteiger partial charge in [0.25, 0.3) is 0 Å². The number of methoxy groups -OCH3 is 2. The Morgan fingerprint density at radius 1 is 1.14 bits per heavy atom. The molecule has 6 nitrogen and oxygen atoms in total. The third-order valence-corrected chi connectivity index (χ3v) is 4.18. The summed E-state index contributed by atoms with van der Waals surface area (Å²) in [6.07, 6.45) is -0.521. The Kier molecular flexibility index (Phi) is 7.31. The lowest BCUT2D eigenvalue weighted by Gasteiger charge is -2.20. The van der Waals surface area contributed by atoms with Gasteiger partial charge in [-0.05, 0) is 30.2 Å². The summed E-state index contributed by atoms with van der Waals surface area (Å²) < 4.78 is 37.4. The van der Waals surface area contributed by atoms with Gasteiger partial charge in [-0.25, -0.2) is 8.78 Å². The second kappa shape index (κ2) is 9.68. The summed E-state index contributed by atoms with van der Waals surface area (Å²) in [4.78, 5) is 23.6. The summed E-state index contributed by atoms with van der Waals surface area (Å²) in [6.45, 7) is 0. The van der Waals surface area contributed by atoms with E-state index in [-0.39, 0.29) is 24.8 Å². The molecule has 1 unspecified atom stereocenters. The van der Waals surface area contributed by atoms with Crippen molar-refractivity contribution in [3.05, 3.63) is 59.2 Å². The number of carboxylic acids is 1. The van der Waals surface area contributed by atoms with Crippen molar-refractivity contribution in [2.75, 3.05) is 14.2 Å². The van der Waals surface area contributed by atoms with E-state index in [4.69, 9.17) is 9.47 Å². The average Bonchev–Trinajstić information content (AvgIpc) is 2.67. The zero-order chi connectivity index (χ0) is 20.7. The number of aryl methyl sites for hydroxylation is 1. The van der Waals surface area contributed by atoms with Crippen molar-refractivity contribution in [3.8, 4) is 11.5 Å². The molecule has 2 aromatic rings. The van der Waals surface area contributed by atoms with Crippen molar-refractivity contribution < 1.29 is 33.0 Å². The summed E-state index contributed by atoms with van der Waals surface area (Å²) in [6, 6.07) is 7.71. The van der Waals surface area contributed by atoms with Crippen LogP contribution < -0.4 is 14.8 Å². The molecule has 0 aromatic heterocycles. The predicted octanol–water partition coefficient (Wildman–Crippen LogP) is 3.25. The van der Waals surface area contributed by atoms with Gasteiger partial charge in [-0.1, -0.05) is 12.1 Å². The quantitative estimate of drug-likeness (QED) is 0.683. The Bertz CT molecular complexity index is 856. The first kappa shape index (κ1) is 21.1. The molecule has 0 radical (unpaired) electrons. The highest BCUT2D eigenvalue weighted by Crippen LogP contribution is 2.31. The average molecular weight is 393 g/mol. The SMILES string of the molecule is COc1ccc(C(CC(=O)O)NC(=O)CCc2cccc(F)c2F)c(OC)c1. The van der Waals surface area contributed by atoms with Gasteiger partial charge in [0, 0.05) is 18.1 Å². The van der Waals surface area contributed by atoms with Crippen LogP contribution in [-0.2, 0) is 16.0 Å². The molecule has 0 saturated heterocycles. The number of carbonyl (C=O) groups excluding carboxylic acids is 1. The fourth-order valence-electron chi connectivity index (χ4n) is 2.78. The van der Waals surface area contributed by atoms with Crippen molar-refractivity contribution >= 4 is 11.9 Å². The Balaban J connectivity index is 2.14. The summed E-state index contributed by atoms with van der Waals surface area (Å²) in [5.74, 6) is -2.70. The van der Waals surface area contributed by atoms with Crippen LogP contribution in [0.5, 0.6) is 11.5 Å². The number of halogens is 2. The van der Waals surface area contributed by atoms with Gasteiger partial charge in [0.15, 0.2) is 11.6 Å². The number of hydrogen-bond donors (Lipinski definition) is 2. The summed E-state index contributed by atoms with van der Waals surface area (Å²) in [5, 5.41) is 11.8. The minimum atomic E-state index is -1.11. The number of carboxylic acid groups (broad SMARTS) is 1. The molecule has 0 aliphatic rings. The molecule has 0 spiro atoms. The summed E-state index contributed by atoms with van der Waals surface area (Å²) >= 11 is 0. The molecule has 28 heavy (non-hydrogen) atoms.